The Morgan fingerprint density at radius 2 is 1.70 bits per heavy atom. The first-order chi connectivity index (χ1) is 15.2. The number of carbonyl (C=O) groups excluding carboxylic acids is 1. The molecule has 0 N–H and O–H groups in total. The lowest BCUT2D eigenvalue weighted by atomic mass is 10.1. The molecule has 33 heavy (non-hydrogen) atoms. The van der Waals surface area contributed by atoms with E-state index < -0.39 is 9.84 Å². The van der Waals surface area contributed by atoms with E-state index in [-0.39, 0.29) is 35.4 Å². The van der Waals surface area contributed by atoms with Crippen LogP contribution in [-0.4, -0.2) is 56.1 Å². The highest BCUT2D eigenvalue weighted by atomic mass is 35.5. The summed E-state index contributed by atoms with van der Waals surface area (Å²) in [6, 6.07) is 12.4. The molecule has 0 radical (unpaired) electrons. The number of nitrogens with zero attached hydrogens (tertiary/aromatic N) is 3. The highest BCUT2D eigenvalue weighted by molar-refractivity contribution is 7.91. The first kappa shape index (κ1) is 27.2. The smallest absolute Gasteiger partial charge is 0.229 e. The van der Waals surface area contributed by atoms with Crippen molar-refractivity contribution in [2.75, 3.05) is 36.8 Å². The summed E-state index contributed by atoms with van der Waals surface area (Å²) in [5, 5.41) is 0.628. The molecule has 0 unspecified atom stereocenters. The first-order valence-corrected chi connectivity index (χ1v) is 13.4. The average molecular weight is 509 g/mol. The number of sulfone groups is 1. The maximum absolute atomic E-state index is 13.2. The third-order valence-corrected chi connectivity index (χ3v) is 8.52. The lowest BCUT2D eigenvalue weighted by Crippen LogP contribution is -3.00. The van der Waals surface area contributed by atoms with E-state index in [4.69, 9.17) is 4.98 Å². The summed E-state index contributed by atoms with van der Waals surface area (Å²) in [4.78, 5) is 22.1. The minimum absolute atomic E-state index is 0. The van der Waals surface area contributed by atoms with Crippen LogP contribution >= 0.6 is 11.3 Å². The number of aryl methyl sites for hydroxylation is 2. The average Bonchev–Trinajstić information content (AvgIpc) is 3.20. The number of rotatable bonds is 10. The monoisotopic (exact) mass is 508 g/mol. The molecule has 1 heterocycles. The fourth-order valence-corrected chi connectivity index (χ4v) is 6.00. The largest absolute Gasteiger partial charge is 1.00 e. The third-order valence-electron chi connectivity index (χ3n) is 5.56. The molecule has 0 aliphatic carbocycles. The number of hydrogen-bond acceptors (Lipinski definition) is 6. The lowest BCUT2D eigenvalue weighted by Gasteiger charge is -2.24. The molecule has 0 fully saturated rings. The van der Waals surface area contributed by atoms with Gasteiger partial charge in [-0.15, -0.1) is 0 Å². The molecule has 180 valence electrons. The van der Waals surface area contributed by atoms with E-state index in [9.17, 15) is 13.2 Å². The molecule has 6 nitrogen and oxygen atoms in total. The van der Waals surface area contributed by atoms with Crippen LogP contribution in [0.25, 0.3) is 10.2 Å². The topological polar surface area (TPSA) is 70.6 Å². The highest BCUT2D eigenvalue weighted by Gasteiger charge is 2.24. The standard InChI is InChI=1S/C24H31N3O3S2.ClH/c1-5-26(6-2)13-14-27(24-25-21-17-18(3)16-19(4)23(21)31-24)22(28)12-15-32(29,30)20-10-8-7-9-11-20;/h7-11,16-17H,5-6,12-15H2,1-4H3;1H/p-1. The van der Waals surface area contributed by atoms with E-state index in [1.807, 2.05) is 19.9 Å². The summed E-state index contributed by atoms with van der Waals surface area (Å²) in [5.41, 5.74) is 3.13. The number of anilines is 1. The fraction of sp³-hybridized carbons (Fsp3) is 0.417. The third kappa shape index (κ3) is 6.76. The highest BCUT2D eigenvalue weighted by Crippen LogP contribution is 2.32. The molecular formula is C24H31ClN3O3S2-. The number of thiazole rings is 1. The first-order valence-electron chi connectivity index (χ1n) is 10.9. The van der Waals surface area contributed by atoms with Crippen molar-refractivity contribution in [1.82, 2.24) is 9.88 Å². The Labute approximate surface area is 207 Å². The van der Waals surface area contributed by atoms with Gasteiger partial charge in [0.25, 0.3) is 0 Å². The number of aromatic nitrogens is 1. The summed E-state index contributed by atoms with van der Waals surface area (Å²) in [5.74, 6) is -0.439. The maximum atomic E-state index is 13.2. The molecule has 2 aromatic carbocycles. The van der Waals surface area contributed by atoms with Gasteiger partial charge in [-0.2, -0.15) is 0 Å². The summed E-state index contributed by atoms with van der Waals surface area (Å²) in [7, 11) is -3.52. The van der Waals surface area contributed by atoms with Crippen molar-refractivity contribution in [2.45, 2.75) is 39.0 Å². The van der Waals surface area contributed by atoms with Crippen LogP contribution < -0.4 is 17.3 Å². The van der Waals surface area contributed by atoms with Crippen molar-refractivity contribution in [1.29, 1.82) is 0 Å². The Bertz CT molecular complexity index is 1180. The molecular weight excluding hydrogens is 478 g/mol. The van der Waals surface area contributed by atoms with E-state index in [2.05, 4.69) is 24.8 Å². The second kappa shape index (κ2) is 11.9. The van der Waals surface area contributed by atoms with Crippen LogP contribution in [0.15, 0.2) is 47.4 Å². The van der Waals surface area contributed by atoms with E-state index >= 15 is 0 Å². The van der Waals surface area contributed by atoms with Crippen LogP contribution in [0, 0.1) is 13.8 Å². The Morgan fingerprint density at radius 1 is 1.03 bits per heavy atom. The predicted molar refractivity (Wildman–Crippen MR) is 132 cm³/mol. The van der Waals surface area contributed by atoms with Crippen molar-refractivity contribution in [3.8, 4) is 0 Å². The van der Waals surface area contributed by atoms with Crippen molar-refractivity contribution in [3.05, 3.63) is 53.6 Å². The molecule has 0 saturated heterocycles. The maximum Gasteiger partial charge on any atom is 0.229 e. The molecule has 0 bridgehead atoms. The minimum Gasteiger partial charge on any atom is -1.00 e. The number of amides is 1. The number of likely N-dealkylation sites (N-methyl/N-ethyl adjacent to an activating group) is 1. The van der Waals surface area contributed by atoms with E-state index in [0.29, 0.717) is 18.2 Å². The van der Waals surface area contributed by atoms with Gasteiger partial charge in [0.05, 0.1) is 20.9 Å². The molecule has 0 saturated carbocycles. The van der Waals surface area contributed by atoms with Crippen LogP contribution in [0.2, 0.25) is 0 Å². The zero-order valence-corrected chi connectivity index (χ0v) is 21.9. The molecule has 3 rings (SSSR count). The summed E-state index contributed by atoms with van der Waals surface area (Å²) >= 11 is 1.49. The summed E-state index contributed by atoms with van der Waals surface area (Å²) in [6.07, 6.45) is -0.0799. The zero-order chi connectivity index (χ0) is 23.3. The van der Waals surface area contributed by atoms with Crippen molar-refractivity contribution >= 4 is 42.4 Å². The number of hydrogen-bond donors (Lipinski definition) is 0. The van der Waals surface area contributed by atoms with Crippen LogP contribution in [0.1, 0.15) is 31.4 Å². The fourth-order valence-electron chi connectivity index (χ4n) is 3.69. The predicted octanol–water partition coefficient (Wildman–Crippen LogP) is 1.46. The molecule has 9 heteroatoms. The molecule has 1 aromatic heterocycles. The second-order valence-electron chi connectivity index (χ2n) is 7.88. The van der Waals surface area contributed by atoms with Gasteiger partial charge in [0.2, 0.25) is 5.91 Å². The summed E-state index contributed by atoms with van der Waals surface area (Å²) in [6.45, 7) is 11.2. The Balaban J connectivity index is 0.00000385. The van der Waals surface area contributed by atoms with Gasteiger partial charge in [-0.25, -0.2) is 13.4 Å². The summed E-state index contributed by atoms with van der Waals surface area (Å²) < 4.78 is 26.4. The van der Waals surface area contributed by atoms with Crippen molar-refractivity contribution in [3.63, 3.8) is 0 Å². The van der Waals surface area contributed by atoms with Gasteiger partial charge in [-0.05, 0) is 56.3 Å². The van der Waals surface area contributed by atoms with Gasteiger partial charge in [-0.1, -0.05) is 49.4 Å². The minimum atomic E-state index is -3.52. The van der Waals surface area contributed by atoms with E-state index in [1.165, 1.54) is 11.3 Å². The molecule has 1 amide bonds. The second-order valence-corrected chi connectivity index (χ2v) is 11.0. The normalized spacial score (nSPS) is 11.5. The number of fused-ring (bicyclic) bond motifs is 1. The number of carbonyl (C=O) groups is 1. The van der Waals surface area contributed by atoms with Gasteiger partial charge < -0.3 is 17.3 Å². The molecule has 0 aliphatic heterocycles. The van der Waals surface area contributed by atoms with Crippen LogP contribution in [0.3, 0.4) is 0 Å². The Morgan fingerprint density at radius 3 is 2.33 bits per heavy atom. The molecule has 3 aromatic rings. The van der Waals surface area contributed by atoms with Gasteiger partial charge in [0.15, 0.2) is 15.0 Å². The Kier molecular flexibility index (Phi) is 9.84. The van der Waals surface area contributed by atoms with Gasteiger partial charge in [0.1, 0.15) is 0 Å². The van der Waals surface area contributed by atoms with E-state index in [0.717, 1.165) is 34.4 Å². The van der Waals surface area contributed by atoms with Gasteiger partial charge in [0, 0.05) is 19.5 Å². The lowest BCUT2D eigenvalue weighted by molar-refractivity contribution is -0.118. The van der Waals surface area contributed by atoms with Crippen LogP contribution in [-0.2, 0) is 14.6 Å². The number of halogens is 1. The Hall–Kier alpha value is -2.00. The van der Waals surface area contributed by atoms with Crippen LogP contribution in [0.4, 0.5) is 5.13 Å². The SMILES string of the molecule is CCN(CC)CCN(C(=O)CCS(=O)(=O)c1ccccc1)c1nc2cc(C)cc(C)c2s1.[Cl-]. The molecule has 0 atom stereocenters. The van der Waals surface area contributed by atoms with Crippen molar-refractivity contribution in [2.24, 2.45) is 0 Å². The van der Waals surface area contributed by atoms with Gasteiger partial charge in [-0.3, -0.25) is 9.69 Å². The van der Waals surface area contributed by atoms with Gasteiger partial charge >= 0.3 is 0 Å². The number of benzene rings is 2. The van der Waals surface area contributed by atoms with E-state index in [1.54, 1.807) is 35.2 Å². The zero-order valence-electron chi connectivity index (χ0n) is 19.5. The van der Waals surface area contributed by atoms with Crippen molar-refractivity contribution < 1.29 is 25.6 Å². The molecule has 0 spiro atoms. The quantitative estimate of drug-likeness (QED) is 0.414. The molecule has 0 aliphatic rings. The van der Waals surface area contributed by atoms with Crippen LogP contribution in [0.5, 0.6) is 0 Å².